The fourth-order valence-corrected chi connectivity index (χ4v) is 4.14. The van der Waals surface area contributed by atoms with E-state index in [4.69, 9.17) is 18.9 Å². The first-order valence-corrected chi connectivity index (χ1v) is 11.4. The van der Waals surface area contributed by atoms with Crippen molar-refractivity contribution in [3.8, 4) is 28.7 Å². The SMILES string of the molecule is COc1cc(C2=NN(C(C)=O)C(c3ccc(Oc4ccc(Br)cc4)cc3)C2)cc(OC)c1OC. The predicted octanol–water partition coefficient (Wildman–Crippen LogP) is 5.96. The highest BCUT2D eigenvalue weighted by molar-refractivity contribution is 9.10. The lowest BCUT2D eigenvalue weighted by atomic mass is 9.98. The van der Waals surface area contributed by atoms with Crippen LogP contribution < -0.4 is 18.9 Å². The molecule has 8 heteroatoms. The second-order valence-corrected chi connectivity index (χ2v) is 8.58. The molecule has 176 valence electrons. The van der Waals surface area contributed by atoms with Gasteiger partial charge in [-0.1, -0.05) is 28.1 Å². The molecule has 0 radical (unpaired) electrons. The minimum Gasteiger partial charge on any atom is -0.493 e. The Labute approximate surface area is 207 Å². The third-order valence-corrected chi connectivity index (χ3v) is 6.07. The van der Waals surface area contributed by atoms with Crippen molar-refractivity contribution in [3.05, 3.63) is 76.3 Å². The van der Waals surface area contributed by atoms with Crippen LogP contribution in [0.2, 0.25) is 0 Å². The lowest BCUT2D eigenvalue weighted by Gasteiger charge is -2.20. The highest BCUT2D eigenvalue weighted by Crippen LogP contribution is 2.41. The number of hydrogen-bond donors (Lipinski definition) is 0. The Balaban J connectivity index is 1.59. The topological polar surface area (TPSA) is 69.6 Å². The van der Waals surface area contributed by atoms with Crippen molar-refractivity contribution in [1.29, 1.82) is 0 Å². The average Bonchev–Trinajstić information content (AvgIpc) is 3.31. The Kier molecular flexibility index (Phi) is 7.07. The molecule has 0 saturated heterocycles. The maximum Gasteiger partial charge on any atom is 0.240 e. The Hall–Kier alpha value is -3.52. The third-order valence-electron chi connectivity index (χ3n) is 5.55. The molecule has 1 atom stereocenters. The van der Waals surface area contributed by atoms with Crippen molar-refractivity contribution in [1.82, 2.24) is 5.01 Å². The summed E-state index contributed by atoms with van der Waals surface area (Å²) in [5.41, 5.74) is 2.53. The summed E-state index contributed by atoms with van der Waals surface area (Å²) in [5, 5.41) is 6.15. The van der Waals surface area contributed by atoms with Crippen molar-refractivity contribution >= 4 is 27.5 Å². The van der Waals surface area contributed by atoms with Crippen LogP contribution in [0.3, 0.4) is 0 Å². The summed E-state index contributed by atoms with van der Waals surface area (Å²) in [6.45, 7) is 1.51. The maximum absolute atomic E-state index is 12.4. The molecule has 3 aromatic rings. The first kappa shape index (κ1) is 23.6. The van der Waals surface area contributed by atoms with Gasteiger partial charge in [0.25, 0.3) is 0 Å². The third kappa shape index (κ3) is 4.87. The number of hydrogen-bond acceptors (Lipinski definition) is 6. The van der Waals surface area contributed by atoms with Crippen molar-refractivity contribution in [2.75, 3.05) is 21.3 Å². The Morgan fingerprint density at radius 3 is 1.97 bits per heavy atom. The van der Waals surface area contributed by atoms with E-state index in [1.54, 1.807) is 21.3 Å². The van der Waals surface area contributed by atoms with E-state index in [2.05, 4.69) is 21.0 Å². The zero-order valence-electron chi connectivity index (χ0n) is 19.4. The van der Waals surface area contributed by atoms with Gasteiger partial charge in [0.1, 0.15) is 11.5 Å². The molecule has 1 unspecified atom stereocenters. The van der Waals surface area contributed by atoms with Gasteiger partial charge in [0, 0.05) is 23.4 Å². The number of carbonyl (C=O) groups excluding carboxylic acids is 1. The first-order chi connectivity index (χ1) is 16.4. The number of methoxy groups -OCH3 is 3. The molecule has 0 aromatic heterocycles. The van der Waals surface area contributed by atoms with E-state index >= 15 is 0 Å². The molecule has 0 fully saturated rings. The number of rotatable bonds is 7. The van der Waals surface area contributed by atoms with E-state index in [0.717, 1.165) is 27.1 Å². The number of nitrogens with zero attached hydrogens (tertiary/aromatic N) is 2. The largest absolute Gasteiger partial charge is 0.493 e. The summed E-state index contributed by atoms with van der Waals surface area (Å²) in [4.78, 5) is 12.4. The highest BCUT2D eigenvalue weighted by Gasteiger charge is 2.32. The summed E-state index contributed by atoms with van der Waals surface area (Å²) in [5.74, 6) is 2.90. The fourth-order valence-electron chi connectivity index (χ4n) is 3.88. The molecule has 0 spiro atoms. The first-order valence-electron chi connectivity index (χ1n) is 10.6. The lowest BCUT2D eigenvalue weighted by molar-refractivity contribution is -0.130. The van der Waals surface area contributed by atoms with Gasteiger partial charge in [-0.25, -0.2) is 5.01 Å². The van der Waals surface area contributed by atoms with Gasteiger partial charge in [-0.15, -0.1) is 0 Å². The average molecular weight is 525 g/mol. The highest BCUT2D eigenvalue weighted by atomic mass is 79.9. The van der Waals surface area contributed by atoms with Gasteiger partial charge in [-0.05, 0) is 54.1 Å². The van der Waals surface area contributed by atoms with E-state index in [0.29, 0.717) is 29.4 Å². The number of carbonyl (C=O) groups is 1. The molecule has 4 rings (SSSR count). The molecule has 0 bridgehead atoms. The van der Waals surface area contributed by atoms with E-state index in [-0.39, 0.29) is 11.9 Å². The molecule has 0 aliphatic carbocycles. The second-order valence-electron chi connectivity index (χ2n) is 7.67. The van der Waals surface area contributed by atoms with Crippen LogP contribution in [0.5, 0.6) is 28.7 Å². The molecule has 34 heavy (non-hydrogen) atoms. The second kappa shape index (κ2) is 10.2. The van der Waals surface area contributed by atoms with Gasteiger partial charge in [0.2, 0.25) is 11.7 Å². The van der Waals surface area contributed by atoms with Crippen LogP contribution in [0, 0.1) is 0 Å². The predicted molar refractivity (Wildman–Crippen MR) is 133 cm³/mol. The fraction of sp³-hybridized carbons (Fsp3) is 0.231. The molecule has 0 saturated carbocycles. The minimum atomic E-state index is -0.228. The number of halogens is 1. The molecule has 1 aliphatic heterocycles. The van der Waals surface area contributed by atoms with Crippen LogP contribution in [-0.4, -0.2) is 38.0 Å². The standard InChI is InChI=1S/C26H25BrN2O5/c1-16(30)29-23(17-5-9-20(10-6-17)34-21-11-7-19(27)8-12-21)15-22(28-29)18-13-24(31-2)26(33-4)25(14-18)32-3/h5-14,23H,15H2,1-4H3. The Morgan fingerprint density at radius 1 is 0.912 bits per heavy atom. The Morgan fingerprint density at radius 2 is 1.47 bits per heavy atom. The van der Waals surface area contributed by atoms with Crippen LogP contribution in [0.4, 0.5) is 0 Å². The summed E-state index contributed by atoms with van der Waals surface area (Å²) in [6, 6.07) is 18.8. The van der Waals surface area contributed by atoms with Crippen molar-refractivity contribution in [2.45, 2.75) is 19.4 Å². The van der Waals surface area contributed by atoms with Crippen LogP contribution >= 0.6 is 15.9 Å². The van der Waals surface area contributed by atoms with Gasteiger partial charge in [0.05, 0.1) is 33.1 Å². The summed E-state index contributed by atoms with van der Waals surface area (Å²) >= 11 is 3.42. The number of benzene rings is 3. The van der Waals surface area contributed by atoms with E-state index in [1.807, 2.05) is 60.7 Å². The molecule has 0 N–H and O–H groups in total. The van der Waals surface area contributed by atoms with Crippen LogP contribution in [-0.2, 0) is 4.79 Å². The van der Waals surface area contributed by atoms with Crippen molar-refractivity contribution < 1.29 is 23.7 Å². The quantitative estimate of drug-likeness (QED) is 0.381. The van der Waals surface area contributed by atoms with Gasteiger partial charge >= 0.3 is 0 Å². The molecule has 7 nitrogen and oxygen atoms in total. The van der Waals surface area contributed by atoms with E-state index < -0.39 is 0 Å². The van der Waals surface area contributed by atoms with Crippen LogP contribution in [0.15, 0.2) is 70.2 Å². The van der Waals surface area contributed by atoms with Gasteiger partial charge in [-0.3, -0.25) is 4.79 Å². The van der Waals surface area contributed by atoms with Gasteiger partial charge in [0.15, 0.2) is 11.5 Å². The zero-order valence-corrected chi connectivity index (χ0v) is 21.0. The summed E-state index contributed by atoms with van der Waals surface area (Å²) in [6.07, 6.45) is 0.547. The zero-order chi connectivity index (χ0) is 24.2. The van der Waals surface area contributed by atoms with E-state index in [9.17, 15) is 4.79 Å². The number of ether oxygens (including phenoxy) is 4. The van der Waals surface area contributed by atoms with Gasteiger partial charge in [-0.2, -0.15) is 5.10 Å². The van der Waals surface area contributed by atoms with Crippen LogP contribution in [0.1, 0.15) is 30.5 Å². The normalized spacial score (nSPS) is 15.0. The van der Waals surface area contributed by atoms with Crippen molar-refractivity contribution in [3.63, 3.8) is 0 Å². The number of amides is 1. The van der Waals surface area contributed by atoms with Crippen LogP contribution in [0.25, 0.3) is 0 Å². The molecule has 3 aromatic carbocycles. The van der Waals surface area contributed by atoms with Crippen molar-refractivity contribution in [2.24, 2.45) is 5.10 Å². The Bertz CT molecular complexity index is 1180. The lowest BCUT2D eigenvalue weighted by Crippen LogP contribution is -2.24. The molecule has 1 aliphatic rings. The molecule has 1 amide bonds. The molecular weight excluding hydrogens is 500 g/mol. The summed E-state index contributed by atoms with van der Waals surface area (Å²) in [7, 11) is 4.70. The molecular formula is C26H25BrN2O5. The number of hydrazone groups is 1. The van der Waals surface area contributed by atoms with Gasteiger partial charge < -0.3 is 18.9 Å². The van der Waals surface area contributed by atoms with E-state index in [1.165, 1.54) is 11.9 Å². The smallest absolute Gasteiger partial charge is 0.240 e. The minimum absolute atomic E-state index is 0.136. The summed E-state index contributed by atoms with van der Waals surface area (Å²) < 4.78 is 23.3. The molecule has 1 heterocycles. The maximum atomic E-state index is 12.4. The monoisotopic (exact) mass is 524 g/mol.